The Bertz CT molecular complexity index is 432. The molecule has 1 N–H and O–H groups in total. The fourth-order valence-corrected chi connectivity index (χ4v) is 2.99. The van der Waals surface area contributed by atoms with Crippen LogP contribution >= 0.6 is 24.2 Å². The number of hydrogen-bond donors (Lipinski definition) is 1. The topological polar surface area (TPSA) is 32.3 Å². The summed E-state index contributed by atoms with van der Waals surface area (Å²) in [6.07, 6.45) is 5.81. The van der Waals surface area contributed by atoms with E-state index in [4.69, 9.17) is 0 Å². The van der Waals surface area contributed by atoms with Crippen LogP contribution in [0.3, 0.4) is 0 Å². The van der Waals surface area contributed by atoms with Gasteiger partial charge in [-0.15, -0.1) is 24.2 Å². The number of rotatable bonds is 5. The van der Waals surface area contributed by atoms with Crippen LogP contribution in [0.5, 0.6) is 0 Å². The number of benzene rings is 1. The van der Waals surface area contributed by atoms with Gasteiger partial charge in [0.1, 0.15) is 0 Å². The van der Waals surface area contributed by atoms with E-state index in [0.29, 0.717) is 6.54 Å². The Morgan fingerprint density at radius 1 is 1.24 bits per heavy atom. The molecule has 2 rings (SSSR count). The van der Waals surface area contributed by atoms with E-state index in [1.165, 1.54) is 24.2 Å². The monoisotopic (exact) mass is 328 g/mol. The van der Waals surface area contributed by atoms with E-state index in [9.17, 15) is 4.79 Å². The van der Waals surface area contributed by atoms with E-state index in [1.807, 2.05) is 6.92 Å². The molecule has 118 valence electrons. The first-order chi connectivity index (χ1) is 9.69. The molecule has 0 aromatic heterocycles. The number of amides is 1. The van der Waals surface area contributed by atoms with E-state index in [0.717, 1.165) is 18.7 Å². The molecule has 5 heteroatoms. The summed E-state index contributed by atoms with van der Waals surface area (Å²) in [4.78, 5) is 15.6. The summed E-state index contributed by atoms with van der Waals surface area (Å²) in [7, 11) is 0. The highest BCUT2D eigenvalue weighted by molar-refractivity contribution is 7.98. The molecule has 1 aromatic carbocycles. The van der Waals surface area contributed by atoms with Crippen molar-refractivity contribution >= 4 is 30.1 Å². The highest BCUT2D eigenvalue weighted by Crippen LogP contribution is 2.19. The Kier molecular flexibility index (Phi) is 8.15. The van der Waals surface area contributed by atoms with Gasteiger partial charge in [0, 0.05) is 4.90 Å². The molecule has 0 radical (unpaired) electrons. The number of carbonyl (C=O) groups excluding carboxylic acids is 1. The fraction of sp³-hybridized carbons (Fsp3) is 0.562. The lowest BCUT2D eigenvalue weighted by Crippen LogP contribution is -2.40. The summed E-state index contributed by atoms with van der Waals surface area (Å²) < 4.78 is 0. The molecule has 1 aromatic rings. The fourth-order valence-electron chi connectivity index (χ4n) is 2.58. The van der Waals surface area contributed by atoms with Crippen LogP contribution in [0, 0.1) is 0 Å². The summed E-state index contributed by atoms with van der Waals surface area (Å²) in [5, 5.41) is 3.09. The summed E-state index contributed by atoms with van der Waals surface area (Å²) in [5.41, 5.74) is 1.16. The predicted molar refractivity (Wildman–Crippen MR) is 92.3 cm³/mol. The number of hydrogen-bond acceptors (Lipinski definition) is 3. The van der Waals surface area contributed by atoms with E-state index < -0.39 is 0 Å². The van der Waals surface area contributed by atoms with E-state index in [-0.39, 0.29) is 24.4 Å². The number of carbonyl (C=O) groups is 1. The highest BCUT2D eigenvalue weighted by atomic mass is 35.5. The van der Waals surface area contributed by atoms with Gasteiger partial charge in [0.15, 0.2) is 0 Å². The molecule has 3 nitrogen and oxygen atoms in total. The zero-order valence-electron chi connectivity index (χ0n) is 12.8. The Hall–Kier alpha value is -0.710. The number of nitrogens with zero attached hydrogens (tertiary/aromatic N) is 1. The van der Waals surface area contributed by atoms with Gasteiger partial charge in [0.2, 0.25) is 5.91 Å². The van der Waals surface area contributed by atoms with Gasteiger partial charge in [-0.3, -0.25) is 9.69 Å². The van der Waals surface area contributed by atoms with Crippen LogP contribution in [0.1, 0.15) is 37.8 Å². The Balaban J connectivity index is 0.00000220. The number of halogens is 1. The molecule has 1 aliphatic rings. The van der Waals surface area contributed by atoms with Gasteiger partial charge in [0.05, 0.1) is 12.6 Å². The third-order valence-corrected chi connectivity index (χ3v) is 4.55. The van der Waals surface area contributed by atoms with Crippen LogP contribution in [0.25, 0.3) is 0 Å². The Morgan fingerprint density at radius 2 is 1.86 bits per heavy atom. The van der Waals surface area contributed by atoms with Crippen molar-refractivity contribution in [2.75, 3.05) is 25.9 Å². The summed E-state index contributed by atoms with van der Waals surface area (Å²) in [6.45, 7) is 4.70. The Morgan fingerprint density at radius 3 is 2.43 bits per heavy atom. The second-order valence-corrected chi connectivity index (χ2v) is 6.28. The molecule has 0 spiro atoms. The summed E-state index contributed by atoms with van der Waals surface area (Å²) >= 11 is 1.73. The van der Waals surface area contributed by atoms with E-state index >= 15 is 0 Å². The van der Waals surface area contributed by atoms with Crippen molar-refractivity contribution in [2.24, 2.45) is 0 Å². The van der Waals surface area contributed by atoms with E-state index in [2.05, 4.69) is 40.7 Å². The van der Waals surface area contributed by atoms with Crippen molar-refractivity contribution in [1.82, 2.24) is 10.2 Å². The predicted octanol–water partition coefficient (Wildman–Crippen LogP) is 3.49. The standard InChI is InChI=1S/C16H24N2OS.ClH/c1-13(14-6-8-15(20-2)9-7-14)17-16(19)12-18-10-4-3-5-11-18;/h6-9,13H,3-5,10-12H2,1-2H3,(H,17,19);1H. The average Bonchev–Trinajstić information content (AvgIpc) is 2.48. The number of thioether (sulfide) groups is 1. The van der Waals surface area contributed by atoms with Crippen molar-refractivity contribution < 1.29 is 4.79 Å². The van der Waals surface area contributed by atoms with Crippen molar-refractivity contribution in [1.29, 1.82) is 0 Å². The minimum atomic E-state index is 0. The lowest BCUT2D eigenvalue weighted by Gasteiger charge is -2.26. The molecule has 1 saturated heterocycles. The van der Waals surface area contributed by atoms with E-state index in [1.54, 1.807) is 11.8 Å². The van der Waals surface area contributed by atoms with Crippen molar-refractivity contribution in [2.45, 2.75) is 37.1 Å². The van der Waals surface area contributed by atoms with Crippen LogP contribution in [0.15, 0.2) is 29.2 Å². The molecule has 0 bridgehead atoms. The largest absolute Gasteiger partial charge is 0.348 e. The third-order valence-electron chi connectivity index (χ3n) is 3.81. The molecule has 1 amide bonds. The van der Waals surface area contributed by atoms with Gasteiger partial charge in [-0.25, -0.2) is 0 Å². The SMILES string of the molecule is CSc1ccc(C(C)NC(=O)CN2CCCCC2)cc1.Cl. The molecule has 21 heavy (non-hydrogen) atoms. The van der Waals surface area contributed by atoms with Crippen LogP contribution in [0.4, 0.5) is 0 Å². The zero-order chi connectivity index (χ0) is 14.4. The molecule has 0 saturated carbocycles. The van der Waals surface area contributed by atoms with Gasteiger partial charge in [-0.2, -0.15) is 0 Å². The van der Waals surface area contributed by atoms with Crippen molar-refractivity contribution in [3.05, 3.63) is 29.8 Å². The van der Waals surface area contributed by atoms with Crippen LogP contribution in [-0.2, 0) is 4.79 Å². The average molecular weight is 329 g/mol. The van der Waals surface area contributed by atoms with Gasteiger partial charge in [-0.1, -0.05) is 18.6 Å². The van der Waals surface area contributed by atoms with Gasteiger partial charge in [0.25, 0.3) is 0 Å². The van der Waals surface area contributed by atoms with Crippen LogP contribution < -0.4 is 5.32 Å². The molecule has 1 atom stereocenters. The number of piperidine rings is 1. The first-order valence-corrected chi connectivity index (χ1v) is 8.57. The second kappa shape index (κ2) is 9.34. The normalized spacial score (nSPS) is 16.9. The van der Waals surface area contributed by atoms with Crippen LogP contribution in [-0.4, -0.2) is 36.7 Å². The minimum Gasteiger partial charge on any atom is -0.348 e. The van der Waals surface area contributed by atoms with Gasteiger partial charge in [-0.05, 0) is 56.8 Å². The molecular weight excluding hydrogens is 304 g/mol. The number of nitrogens with one attached hydrogen (secondary N) is 1. The molecular formula is C16H25ClN2OS. The highest BCUT2D eigenvalue weighted by Gasteiger charge is 2.15. The quantitative estimate of drug-likeness (QED) is 0.840. The maximum absolute atomic E-state index is 12.1. The lowest BCUT2D eigenvalue weighted by atomic mass is 10.1. The second-order valence-electron chi connectivity index (χ2n) is 5.40. The maximum atomic E-state index is 12.1. The van der Waals surface area contributed by atoms with Crippen molar-refractivity contribution in [3.63, 3.8) is 0 Å². The van der Waals surface area contributed by atoms with Crippen LogP contribution in [0.2, 0.25) is 0 Å². The first-order valence-electron chi connectivity index (χ1n) is 7.34. The number of likely N-dealkylation sites (tertiary alicyclic amines) is 1. The molecule has 1 aliphatic heterocycles. The smallest absolute Gasteiger partial charge is 0.234 e. The van der Waals surface area contributed by atoms with Gasteiger partial charge < -0.3 is 5.32 Å². The Labute approximate surface area is 138 Å². The summed E-state index contributed by atoms with van der Waals surface area (Å²) in [6, 6.07) is 8.47. The van der Waals surface area contributed by atoms with Gasteiger partial charge >= 0.3 is 0 Å². The lowest BCUT2D eigenvalue weighted by molar-refractivity contribution is -0.123. The first kappa shape index (κ1) is 18.3. The molecule has 1 fully saturated rings. The molecule has 1 unspecified atom stereocenters. The molecule has 0 aliphatic carbocycles. The molecule has 1 heterocycles. The minimum absolute atomic E-state index is 0. The maximum Gasteiger partial charge on any atom is 0.234 e. The zero-order valence-corrected chi connectivity index (χ0v) is 14.4. The summed E-state index contributed by atoms with van der Waals surface area (Å²) in [5.74, 6) is 0.133. The van der Waals surface area contributed by atoms with Crippen molar-refractivity contribution in [3.8, 4) is 0 Å². The third kappa shape index (κ3) is 5.89.